The molecule has 16 heavy (non-hydrogen) atoms. The van der Waals surface area contributed by atoms with Crippen LogP contribution in [0.1, 0.15) is 30.3 Å². The maximum absolute atomic E-state index is 11.5. The van der Waals surface area contributed by atoms with Crippen LogP contribution in [0.5, 0.6) is 0 Å². The van der Waals surface area contributed by atoms with Crippen molar-refractivity contribution in [2.75, 3.05) is 6.61 Å². The van der Waals surface area contributed by atoms with Crippen molar-refractivity contribution in [3.05, 3.63) is 28.1 Å². The third-order valence-electron chi connectivity index (χ3n) is 2.14. The summed E-state index contributed by atoms with van der Waals surface area (Å²) >= 11 is 0. The number of rotatable bonds is 5. The molecule has 88 valence electrons. The second-order valence-corrected chi connectivity index (χ2v) is 3.44. The van der Waals surface area contributed by atoms with E-state index < -0.39 is 10.9 Å². The Labute approximate surface area is 93.0 Å². The van der Waals surface area contributed by atoms with Crippen molar-refractivity contribution < 1.29 is 14.5 Å². The first-order valence-electron chi connectivity index (χ1n) is 5.04. The Balaban J connectivity index is 2.71. The molecule has 1 rings (SSSR count). The van der Waals surface area contributed by atoms with Crippen molar-refractivity contribution in [2.24, 2.45) is 7.05 Å². The molecule has 1 aromatic heterocycles. The predicted molar refractivity (Wildman–Crippen MR) is 57.3 cm³/mol. The molecule has 0 aliphatic heterocycles. The van der Waals surface area contributed by atoms with Gasteiger partial charge in [-0.25, -0.2) is 4.79 Å². The second-order valence-electron chi connectivity index (χ2n) is 3.44. The van der Waals surface area contributed by atoms with E-state index in [0.717, 1.165) is 12.8 Å². The molecular weight excluding hydrogens is 212 g/mol. The van der Waals surface area contributed by atoms with E-state index in [1.807, 2.05) is 6.92 Å². The minimum absolute atomic E-state index is 0.107. The molecule has 6 heteroatoms. The summed E-state index contributed by atoms with van der Waals surface area (Å²) in [6.07, 6.45) is 3.01. The number of esters is 1. The maximum atomic E-state index is 11.5. The molecule has 0 saturated heterocycles. The van der Waals surface area contributed by atoms with E-state index in [1.165, 1.54) is 16.8 Å². The number of carbonyl (C=O) groups is 1. The zero-order valence-corrected chi connectivity index (χ0v) is 9.30. The molecule has 0 amide bonds. The number of nitro groups is 1. The molecule has 0 bridgehead atoms. The molecule has 0 spiro atoms. The fraction of sp³-hybridized carbons (Fsp3) is 0.500. The van der Waals surface area contributed by atoms with Crippen molar-refractivity contribution in [1.29, 1.82) is 0 Å². The van der Waals surface area contributed by atoms with Gasteiger partial charge in [-0.3, -0.25) is 10.1 Å². The van der Waals surface area contributed by atoms with Crippen LogP contribution >= 0.6 is 0 Å². The number of hydrogen-bond acceptors (Lipinski definition) is 4. The van der Waals surface area contributed by atoms with Gasteiger partial charge in [0.05, 0.1) is 17.7 Å². The van der Waals surface area contributed by atoms with Gasteiger partial charge in [0.25, 0.3) is 5.69 Å². The first-order chi connectivity index (χ1) is 7.56. The molecule has 0 radical (unpaired) electrons. The fourth-order valence-corrected chi connectivity index (χ4v) is 1.23. The summed E-state index contributed by atoms with van der Waals surface area (Å²) in [7, 11) is 1.57. The Morgan fingerprint density at radius 2 is 2.31 bits per heavy atom. The molecule has 0 atom stereocenters. The SMILES string of the molecule is CCCCOC(=O)c1cc([N+](=O)[O-])cn1C. The number of unbranched alkanes of at least 4 members (excludes halogenated alkanes) is 1. The molecule has 0 unspecified atom stereocenters. The van der Waals surface area contributed by atoms with Gasteiger partial charge in [-0.05, 0) is 6.42 Å². The van der Waals surface area contributed by atoms with E-state index in [2.05, 4.69) is 0 Å². The number of hydrogen-bond donors (Lipinski definition) is 0. The van der Waals surface area contributed by atoms with E-state index >= 15 is 0 Å². The summed E-state index contributed by atoms with van der Waals surface area (Å²) < 4.78 is 6.36. The van der Waals surface area contributed by atoms with Crippen molar-refractivity contribution >= 4 is 11.7 Å². The van der Waals surface area contributed by atoms with Crippen LogP contribution in [0.3, 0.4) is 0 Å². The van der Waals surface area contributed by atoms with Gasteiger partial charge in [-0.2, -0.15) is 0 Å². The minimum Gasteiger partial charge on any atom is -0.461 e. The van der Waals surface area contributed by atoms with Crippen LogP contribution in [-0.4, -0.2) is 22.1 Å². The molecule has 0 aromatic carbocycles. The average Bonchev–Trinajstić information content (AvgIpc) is 2.61. The molecule has 0 saturated carbocycles. The first-order valence-corrected chi connectivity index (χ1v) is 5.04. The van der Waals surface area contributed by atoms with E-state index in [1.54, 1.807) is 7.05 Å². The Morgan fingerprint density at radius 3 is 2.81 bits per heavy atom. The summed E-state index contributed by atoms with van der Waals surface area (Å²) in [6, 6.07) is 1.22. The lowest BCUT2D eigenvalue weighted by atomic mass is 10.3. The van der Waals surface area contributed by atoms with E-state index in [4.69, 9.17) is 4.74 Å². The molecule has 1 heterocycles. The van der Waals surface area contributed by atoms with Gasteiger partial charge in [-0.15, -0.1) is 0 Å². The highest BCUT2D eigenvalue weighted by Crippen LogP contribution is 2.15. The lowest BCUT2D eigenvalue weighted by Crippen LogP contribution is -2.10. The standard InChI is InChI=1S/C10H14N2O4/c1-3-4-5-16-10(13)9-6-8(12(14)15)7-11(9)2/h6-7H,3-5H2,1-2H3. The fourth-order valence-electron chi connectivity index (χ4n) is 1.23. The second kappa shape index (κ2) is 5.29. The molecule has 0 aliphatic carbocycles. The summed E-state index contributed by atoms with van der Waals surface area (Å²) in [5.74, 6) is -0.524. The summed E-state index contributed by atoms with van der Waals surface area (Å²) in [4.78, 5) is 21.5. The summed E-state index contributed by atoms with van der Waals surface area (Å²) in [5, 5.41) is 10.5. The Hall–Kier alpha value is -1.85. The van der Waals surface area contributed by atoms with E-state index in [-0.39, 0.29) is 11.4 Å². The molecule has 6 nitrogen and oxygen atoms in total. The minimum atomic E-state index is -0.539. The van der Waals surface area contributed by atoms with Crippen LogP contribution in [0.2, 0.25) is 0 Å². The molecular formula is C10H14N2O4. The molecule has 0 N–H and O–H groups in total. The lowest BCUT2D eigenvalue weighted by molar-refractivity contribution is -0.384. The Morgan fingerprint density at radius 1 is 1.62 bits per heavy atom. The van der Waals surface area contributed by atoms with Gasteiger partial charge in [0.2, 0.25) is 0 Å². The third-order valence-corrected chi connectivity index (χ3v) is 2.14. The summed E-state index contributed by atoms with van der Waals surface area (Å²) in [5.41, 5.74) is 0.0905. The zero-order valence-electron chi connectivity index (χ0n) is 9.30. The van der Waals surface area contributed by atoms with Crippen LogP contribution in [0.25, 0.3) is 0 Å². The molecule has 0 fully saturated rings. The Kier molecular flexibility index (Phi) is 4.04. The van der Waals surface area contributed by atoms with Crippen molar-refractivity contribution in [3.63, 3.8) is 0 Å². The zero-order chi connectivity index (χ0) is 12.1. The molecule has 0 aliphatic rings. The number of aromatic nitrogens is 1. The van der Waals surface area contributed by atoms with Gasteiger partial charge in [-0.1, -0.05) is 13.3 Å². The number of nitrogens with zero attached hydrogens (tertiary/aromatic N) is 2. The lowest BCUT2D eigenvalue weighted by Gasteiger charge is -2.03. The van der Waals surface area contributed by atoms with Crippen molar-refractivity contribution in [1.82, 2.24) is 4.57 Å². The normalized spacial score (nSPS) is 10.1. The maximum Gasteiger partial charge on any atom is 0.355 e. The first kappa shape index (κ1) is 12.2. The highest BCUT2D eigenvalue weighted by atomic mass is 16.6. The van der Waals surface area contributed by atoms with Gasteiger partial charge in [0.15, 0.2) is 0 Å². The van der Waals surface area contributed by atoms with Crippen LogP contribution in [0, 0.1) is 10.1 Å². The van der Waals surface area contributed by atoms with Crippen LogP contribution in [-0.2, 0) is 11.8 Å². The average molecular weight is 226 g/mol. The largest absolute Gasteiger partial charge is 0.461 e. The highest BCUT2D eigenvalue weighted by Gasteiger charge is 2.18. The van der Waals surface area contributed by atoms with Gasteiger partial charge >= 0.3 is 5.97 Å². The van der Waals surface area contributed by atoms with Gasteiger partial charge in [0, 0.05) is 13.1 Å². The number of ether oxygens (including phenoxy) is 1. The topological polar surface area (TPSA) is 74.4 Å². The van der Waals surface area contributed by atoms with Crippen molar-refractivity contribution in [3.8, 4) is 0 Å². The van der Waals surface area contributed by atoms with E-state index in [9.17, 15) is 14.9 Å². The third kappa shape index (κ3) is 2.82. The van der Waals surface area contributed by atoms with Gasteiger partial charge < -0.3 is 9.30 Å². The van der Waals surface area contributed by atoms with Crippen LogP contribution in [0.15, 0.2) is 12.3 Å². The Bertz CT molecular complexity index is 398. The predicted octanol–water partition coefficient (Wildman–Crippen LogP) is 1.89. The van der Waals surface area contributed by atoms with Crippen molar-refractivity contribution in [2.45, 2.75) is 19.8 Å². The summed E-state index contributed by atoms with van der Waals surface area (Å²) in [6.45, 7) is 2.33. The van der Waals surface area contributed by atoms with Crippen LogP contribution in [0.4, 0.5) is 5.69 Å². The quantitative estimate of drug-likeness (QED) is 0.332. The monoisotopic (exact) mass is 226 g/mol. The van der Waals surface area contributed by atoms with E-state index in [0.29, 0.717) is 6.61 Å². The number of carbonyl (C=O) groups excluding carboxylic acids is 1. The number of aryl methyl sites for hydroxylation is 1. The molecule has 1 aromatic rings. The smallest absolute Gasteiger partial charge is 0.355 e. The highest BCUT2D eigenvalue weighted by molar-refractivity contribution is 5.88. The van der Waals surface area contributed by atoms with Crippen LogP contribution < -0.4 is 0 Å². The van der Waals surface area contributed by atoms with Gasteiger partial charge in [0.1, 0.15) is 5.69 Å².